The van der Waals surface area contributed by atoms with Gasteiger partial charge in [-0.25, -0.2) is 15.0 Å². The Morgan fingerprint density at radius 3 is 2.42 bits per heavy atom. The van der Waals surface area contributed by atoms with E-state index in [1.807, 2.05) is 47.4 Å². The number of aromatic nitrogens is 4. The molecule has 2 fully saturated rings. The van der Waals surface area contributed by atoms with Gasteiger partial charge in [0.25, 0.3) is 5.91 Å². The van der Waals surface area contributed by atoms with Crippen LogP contribution in [0.1, 0.15) is 45.5 Å². The molecule has 2 saturated heterocycles. The van der Waals surface area contributed by atoms with E-state index < -0.39 is 0 Å². The number of aldehydes is 1. The van der Waals surface area contributed by atoms with Crippen LogP contribution in [0.3, 0.4) is 0 Å². The molecule has 0 saturated carbocycles. The molecule has 10 nitrogen and oxygen atoms in total. The number of nitrogens with zero attached hydrogens (tertiary/aromatic N) is 6. The molecular formula is C40H37N7O3. The predicted octanol–water partition coefficient (Wildman–Crippen LogP) is 6.38. The molecule has 3 N–H and O–H groups in total. The highest BCUT2D eigenvalue weighted by Gasteiger charge is 2.41. The molecule has 250 valence electrons. The number of carbonyl (C=O) groups excluding carboxylic acids is 2. The van der Waals surface area contributed by atoms with Crippen LogP contribution in [0.2, 0.25) is 0 Å². The normalized spacial score (nSPS) is 15.9. The molecule has 1 spiro atoms. The number of benzene rings is 3. The van der Waals surface area contributed by atoms with Gasteiger partial charge in [0.15, 0.2) is 17.8 Å². The summed E-state index contributed by atoms with van der Waals surface area (Å²) in [5.74, 6) is 0.898. The lowest BCUT2D eigenvalue weighted by molar-refractivity contribution is 0.0588. The first-order valence-electron chi connectivity index (χ1n) is 16.9. The predicted molar refractivity (Wildman–Crippen MR) is 193 cm³/mol. The fourth-order valence-electron chi connectivity index (χ4n) is 7.49. The van der Waals surface area contributed by atoms with Crippen LogP contribution in [0.25, 0.3) is 39.5 Å². The molecule has 1 amide bonds. The van der Waals surface area contributed by atoms with Gasteiger partial charge >= 0.3 is 0 Å². The van der Waals surface area contributed by atoms with E-state index in [0.29, 0.717) is 36.6 Å². The van der Waals surface area contributed by atoms with Crippen molar-refractivity contribution in [1.82, 2.24) is 29.3 Å². The number of hydrogen-bond acceptors (Lipinski definition) is 8. The molecule has 0 unspecified atom stereocenters. The van der Waals surface area contributed by atoms with Crippen molar-refractivity contribution in [1.29, 1.82) is 0 Å². The SMILES string of the molecule is Nc1ncccc1-c1nc2ccc(-c3ccccc3)nc2n1-c1ccc(CN2CCC3(CCN(C(=O)c4ccc(O)c(C=O)c4)CC3)C2)cc1. The minimum absolute atomic E-state index is 0.0931. The van der Waals surface area contributed by atoms with Gasteiger partial charge in [-0.1, -0.05) is 42.5 Å². The van der Waals surface area contributed by atoms with Gasteiger partial charge in [0, 0.05) is 49.2 Å². The van der Waals surface area contributed by atoms with Crippen molar-refractivity contribution in [2.75, 3.05) is 31.9 Å². The van der Waals surface area contributed by atoms with Crippen LogP contribution in [0.15, 0.2) is 103 Å². The lowest BCUT2D eigenvalue weighted by Gasteiger charge is -2.39. The number of anilines is 1. The highest BCUT2D eigenvalue weighted by Crippen LogP contribution is 2.41. The molecule has 50 heavy (non-hydrogen) atoms. The molecule has 10 heteroatoms. The second kappa shape index (κ2) is 12.9. The second-order valence-electron chi connectivity index (χ2n) is 13.4. The van der Waals surface area contributed by atoms with Gasteiger partial charge in [-0.2, -0.15) is 0 Å². The first kappa shape index (κ1) is 31.4. The van der Waals surface area contributed by atoms with E-state index in [-0.39, 0.29) is 22.6 Å². The molecule has 0 atom stereocenters. The van der Waals surface area contributed by atoms with E-state index in [1.54, 1.807) is 12.3 Å². The Hall–Kier alpha value is -5.87. The third-order valence-electron chi connectivity index (χ3n) is 10.3. The lowest BCUT2D eigenvalue weighted by atomic mass is 9.77. The maximum Gasteiger partial charge on any atom is 0.253 e. The van der Waals surface area contributed by atoms with Crippen LogP contribution in [-0.2, 0) is 6.54 Å². The number of hydrogen-bond donors (Lipinski definition) is 2. The summed E-state index contributed by atoms with van der Waals surface area (Å²) in [6.07, 6.45) is 5.25. The molecule has 3 aromatic carbocycles. The Bertz CT molecular complexity index is 2210. The summed E-state index contributed by atoms with van der Waals surface area (Å²) < 4.78 is 2.07. The summed E-state index contributed by atoms with van der Waals surface area (Å²) in [5, 5.41) is 9.83. The highest BCUT2D eigenvalue weighted by molar-refractivity contribution is 5.96. The zero-order chi connectivity index (χ0) is 34.2. The average molecular weight is 664 g/mol. The van der Waals surface area contributed by atoms with Gasteiger partial charge in [0.1, 0.15) is 17.1 Å². The third-order valence-corrected chi connectivity index (χ3v) is 10.3. The van der Waals surface area contributed by atoms with Crippen LogP contribution >= 0.6 is 0 Å². The molecule has 3 aromatic heterocycles. The number of rotatable bonds is 7. The number of likely N-dealkylation sites (tertiary alicyclic amines) is 2. The van der Waals surface area contributed by atoms with E-state index in [1.165, 1.54) is 17.7 Å². The van der Waals surface area contributed by atoms with Crippen molar-refractivity contribution in [3.63, 3.8) is 0 Å². The number of aromatic hydroxyl groups is 1. The fourth-order valence-corrected chi connectivity index (χ4v) is 7.49. The average Bonchev–Trinajstić information content (AvgIpc) is 3.73. The molecular weight excluding hydrogens is 626 g/mol. The zero-order valence-electron chi connectivity index (χ0n) is 27.6. The monoisotopic (exact) mass is 663 g/mol. The molecule has 8 rings (SSSR count). The largest absolute Gasteiger partial charge is 0.507 e. The van der Waals surface area contributed by atoms with Crippen molar-refractivity contribution in [3.05, 3.63) is 120 Å². The van der Waals surface area contributed by atoms with Crippen molar-refractivity contribution >= 4 is 29.2 Å². The summed E-state index contributed by atoms with van der Waals surface area (Å²) in [7, 11) is 0. The van der Waals surface area contributed by atoms with Gasteiger partial charge in [0.05, 0.1) is 16.8 Å². The topological polar surface area (TPSA) is 130 Å². The number of imidazole rings is 1. The number of pyridine rings is 2. The Morgan fingerprint density at radius 1 is 0.880 bits per heavy atom. The smallest absolute Gasteiger partial charge is 0.253 e. The molecule has 5 heterocycles. The van der Waals surface area contributed by atoms with Crippen molar-refractivity contribution in [2.24, 2.45) is 5.41 Å². The van der Waals surface area contributed by atoms with E-state index in [2.05, 4.69) is 50.8 Å². The zero-order valence-corrected chi connectivity index (χ0v) is 27.6. The molecule has 0 aliphatic carbocycles. The number of piperidine rings is 1. The number of nitrogens with two attached hydrogens (primary N) is 1. The highest BCUT2D eigenvalue weighted by atomic mass is 16.3. The molecule has 6 aromatic rings. The Morgan fingerprint density at radius 2 is 1.66 bits per heavy atom. The minimum Gasteiger partial charge on any atom is -0.507 e. The van der Waals surface area contributed by atoms with Crippen LogP contribution < -0.4 is 5.73 Å². The number of nitrogen functional groups attached to an aromatic ring is 1. The van der Waals surface area contributed by atoms with Crippen LogP contribution in [0.4, 0.5) is 5.82 Å². The molecule has 2 aliphatic heterocycles. The summed E-state index contributed by atoms with van der Waals surface area (Å²) in [4.78, 5) is 43.2. The van der Waals surface area contributed by atoms with Gasteiger partial charge in [-0.05, 0) is 91.4 Å². The van der Waals surface area contributed by atoms with Gasteiger partial charge in [0.2, 0.25) is 0 Å². The summed E-state index contributed by atoms with van der Waals surface area (Å²) in [6.45, 7) is 4.21. The van der Waals surface area contributed by atoms with Gasteiger partial charge < -0.3 is 15.7 Å². The lowest BCUT2D eigenvalue weighted by Crippen LogP contribution is -2.44. The molecule has 0 bridgehead atoms. The van der Waals surface area contributed by atoms with Gasteiger partial charge in [-0.15, -0.1) is 0 Å². The second-order valence-corrected chi connectivity index (χ2v) is 13.4. The summed E-state index contributed by atoms with van der Waals surface area (Å²) in [5.41, 5.74) is 13.4. The molecule has 2 aliphatic rings. The quantitative estimate of drug-likeness (QED) is 0.188. The Kier molecular flexibility index (Phi) is 8.08. The number of carbonyl (C=O) groups is 2. The van der Waals surface area contributed by atoms with Crippen molar-refractivity contribution in [2.45, 2.75) is 25.8 Å². The number of phenolic OH excluding ortho intramolecular Hbond substituents is 1. The number of amides is 1. The third kappa shape index (κ3) is 5.88. The van der Waals surface area contributed by atoms with Gasteiger partial charge in [-0.3, -0.25) is 19.1 Å². The van der Waals surface area contributed by atoms with E-state index >= 15 is 0 Å². The van der Waals surface area contributed by atoms with E-state index in [4.69, 9.17) is 15.7 Å². The minimum atomic E-state index is -0.112. The summed E-state index contributed by atoms with van der Waals surface area (Å²) >= 11 is 0. The Balaban J connectivity index is 0.993. The standard InChI is InChI=1S/C40H37N7O3/c41-36-32(7-4-19-42-36)37-44-34-14-13-33(28-5-2-1-3-6-28)43-38(34)47(37)31-11-8-27(9-12-31)24-45-20-16-40(26-45)17-21-46(22-18-40)39(50)29-10-15-35(49)30(23-29)25-48/h1-15,19,23,25,49H,16-18,20-22,24,26H2,(H2,41,42). The first-order valence-corrected chi connectivity index (χ1v) is 16.9. The maximum absolute atomic E-state index is 13.2. The number of fused-ring (bicyclic) bond motifs is 1. The van der Waals surface area contributed by atoms with Crippen molar-refractivity contribution in [3.8, 4) is 34.1 Å². The van der Waals surface area contributed by atoms with E-state index in [0.717, 1.165) is 72.6 Å². The van der Waals surface area contributed by atoms with Crippen LogP contribution in [0, 0.1) is 5.41 Å². The molecule has 0 radical (unpaired) electrons. The van der Waals surface area contributed by atoms with Crippen molar-refractivity contribution < 1.29 is 14.7 Å². The van der Waals surface area contributed by atoms with E-state index in [9.17, 15) is 14.7 Å². The van der Waals surface area contributed by atoms with Crippen LogP contribution in [-0.4, -0.2) is 72.8 Å². The van der Waals surface area contributed by atoms with Crippen LogP contribution in [0.5, 0.6) is 5.75 Å². The number of phenols is 1. The fraction of sp³-hybridized carbons (Fsp3) is 0.225. The maximum atomic E-state index is 13.2. The Labute approximate surface area is 289 Å². The first-order chi connectivity index (χ1) is 24.4. The summed E-state index contributed by atoms with van der Waals surface area (Å²) in [6, 6.07) is 31.0.